The number of imide groups is 1. The van der Waals surface area contributed by atoms with Crippen molar-refractivity contribution in [2.24, 2.45) is 0 Å². The van der Waals surface area contributed by atoms with Crippen molar-refractivity contribution in [3.63, 3.8) is 0 Å². The summed E-state index contributed by atoms with van der Waals surface area (Å²) in [6.45, 7) is 5.71. The summed E-state index contributed by atoms with van der Waals surface area (Å²) in [5.41, 5.74) is 4.11. The molecule has 1 aliphatic heterocycles. The van der Waals surface area contributed by atoms with Crippen LogP contribution >= 0.6 is 0 Å². The summed E-state index contributed by atoms with van der Waals surface area (Å²) in [6.07, 6.45) is -4.86. The Morgan fingerprint density at radius 2 is 1.53 bits per heavy atom. The number of nitrogens with zero attached hydrogens (tertiary/aromatic N) is 1. The number of rotatable bonds is 5. The van der Waals surface area contributed by atoms with Crippen LogP contribution in [-0.4, -0.2) is 18.2 Å². The highest BCUT2D eigenvalue weighted by molar-refractivity contribution is 6.46. The van der Waals surface area contributed by atoms with Crippen molar-refractivity contribution in [3.05, 3.63) is 94.7 Å². The first-order valence-electron chi connectivity index (χ1n) is 10.4. The monoisotopic (exact) mass is 466 g/mol. The maximum absolute atomic E-state index is 13.5. The van der Waals surface area contributed by atoms with Crippen LogP contribution in [0.3, 0.4) is 0 Å². The van der Waals surface area contributed by atoms with Crippen LogP contribution in [0.1, 0.15) is 22.3 Å². The summed E-state index contributed by atoms with van der Waals surface area (Å²) in [5.74, 6) is -1.58. The molecule has 0 unspecified atom stereocenters. The number of benzene rings is 3. The third-order valence-electron chi connectivity index (χ3n) is 5.51. The van der Waals surface area contributed by atoms with Crippen LogP contribution in [-0.2, 0) is 9.59 Å². The lowest BCUT2D eigenvalue weighted by atomic mass is 9.99. The van der Waals surface area contributed by atoms with Crippen molar-refractivity contribution >= 4 is 28.8 Å². The second kappa shape index (κ2) is 8.70. The van der Waals surface area contributed by atoms with Crippen LogP contribution in [0.4, 0.5) is 24.5 Å². The van der Waals surface area contributed by atoms with Crippen LogP contribution in [0.5, 0.6) is 5.75 Å². The Kier molecular flexibility index (Phi) is 5.91. The fourth-order valence-corrected chi connectivity index (χ4v) is 3.65. The Bertz CT molecular complexity index is 1310. The fraction of sp³-hybridized carbons (Fsp3) is 0.154. The molecule has 1 aliphatic rings. The molecule has 174 valence electrons. The smallest absolute Gasteiger partial charge is 0.406 e. The van der Waals surface area contributed by atoms with Crippen molar-refractivity contribution in [2.75, 3.05) is 10.2 Å². The Balaban J connectivity index is 1.79. The highest BCUT2D eigenvalue weighted by Gasteiger charge is 2.40. The van der Waals surface area contributed by atoms with Crippen molar-refractivity contribution in [3.8, 4) is 5.75 Å². The molecule has 0 saturated heterocycles. The largest absolute Gasteiger partial charge is 0.573 e. The molecule has 2 amide bonds. The van der Waals surface area contributed by atoms with E-state index in [0.29, 0.717) is 11.3 Å². The highest BCUT2D eigenvalue weighted by atomic mass is 19.4. The molecule has 0 aliphatic carbocycles. The van der Waals surface area contributed by atoms with Crippen LogP contribution in [0.25, 0.3) is 5.57 Å². The molecule has 1 N–H and O–H groups in total. The minimum Gasteiger partial charge on any atom is -0.406 e. The van der Waals surface area contributed by atoms with Crippen LogP contribution in [0.15, 0.2) is 72.4 Å². The first-order chi connectivity index (χ1) is 16.0. The van der Waals surface area contributed by atoms with E-state index in [2.05, 4.69) is 10.1 Å². The molecule has 0 spiro atoms. The zero-order valence-corrected chi connectivity index (χ0v) is 18.7. The van der Waals surface area contributed by atoms with Gasteiger partial charge in [-0.3, -0.25) is 9.59 Å². The van der Waals surface area contributed by atoms with E-state index in [4.69, 9.17) is 0 Å². The lowest BCUT2D eigenvalue weighted by Crippen LogP contribution is -2.32. The second-order valence-electron chi connectivity index (χ2n) is 8.03. The molecule has 0 radical (unpaired) electrons. The van der Waals surface area contributed by atoms with Gasteiger partial charge in [0.05, 0.1) is 11.3 Å². The maximum atomic E-state index is 13.5. The van der Waals surface area contributed by atoms with Gasteiger partial charge in [0.2, 0.25) is 0 Å². The minimum absolute atomic E-state index is 0.0296. The zero-order chi connectivity index (χ0) is 24.6. The molecule has 0 aromatic heterocycles. The molecule has 34 heavy (non-hydrogen) atoms. The van der Waals surface area contributed by atoms with Gasteiger partial charge in [-0.25, -0.2) is 4.90 Å². The van der Waals surface area contributed by atoms with E-state index in [9.17, 15) is 22.8 Å². The molecule has 0 saturated carbocycles. The van der Waals surface area contributed by atoms with E-state index in [1.165, 1.54) is 12.1 Å². The molecule has 3 aromatic carbocycles. The molecule has 4 rings (SSSR count). The lowest BCUT2D eigenvalue weighted by Gasteiger charge is -2.16. The molecule has 0 atom stereocenters. The van der Waals surface area contributed by atoms with Gasteiger partial charge >= 0.3 is 6.36 Å². The molecule has 1 heterocycles. The van der Waals surface area contributed by atoms with Gasteiger partial charge in [-0.1, -0.05) is 42.0 Å². The van der Waals surface area contributed by atoms with Crippen LogP contribution in [0, 0.1) is 20.8 Å². The van der Waals surface area contributed by atoms with Gasteiger partial charge in [0.1, 0.15) is 11.4 Å². The number of hydrogen-bond acceptors (Lipinski definition) is 4. The predicted octanol–water partition coefficient (Wildman–Crippen LogP) is 5.91. The number of alkyl halides is 3. The van der Waals surface area contributed by atoms with Gasteiger partial charge in [0.25, 0.3) is 11.8 Å². The van der Waals surface area contributed by atoms with Gasteiger partial charge in [-0.15, -0.1) is 13.2 Å². The molecule has 0 bridgehead atoms. The summed E-state index contributed by atoms with van der Waals surface area (Å²) < 4.78 is 41.9. The van der Waals surface area contributed by atoms with Gasteiger partial charge < -0.3 is 10.1 Å². The SMILES string of the molecule is Cc1ccc(N2C(=O)C(Nc3cccc(OC(F)(F)F)c3)=C(c3ccc(C)c(C)c3)C2=O)cc1. The van der Waals surface area contributed by atoms with E-state index in [1.807, 2.05) is 26.8 Å². The van der Waals surface area contributed by atoms with E-state index in [0.717, 1.165) is 33.7 Å². The lowest BCUT2D eigenvalue weighted by molar-refractivity contribution is -0.274. The maximum Gasteiger partial charge on any atom is 0.573 e. The van der Waals surface area contributed by atoms with Gasteiger partial charge in [0, 0.05) is 11.8 Å². The zero-order valence-electron chi connectivity index (χ0n) is 18.7. The first kappa shape index (κ1) is 23.1. The number of hydrogen-bond donors (Lipinski definition) is 1. The number of halogens is 3. The molecular formula is C26H21F3N2O3. The number of carbonyl (C=O) groups is 2. The van der Waals surface area contributed by atoms with Crippen molar-refractivity contribution < 1.29 is 27.5 Å². The summed E-state index contributed by atoms with van der Waals surface area (Å²) >= 11 is 0. The van der Waals surface area contributed by atoms with E-state index < -0.39 is 23.9 Å². The summed E-state index contributed by atoms with van der Waals surface area (Å²) in [6, 6.07) is 17.4. The highest BCUT2D eigenvalue weighted by Crippen LogP contribution is 2.35. The number of aryl methyl sites for hydroxylation is 3. The summed E-state index contributed by atoms with van der Waals surface area (Å²) in [4.78, 5) is 28.0. The first-order valence-corrected chi connectivity index (χ1v) is 10.4. The second-order valence-corrected chi connectivity index (χ2v) is 8.03. The third kappa shape index (κ3) is 4.66. The Morgan fingerprint density at radius 3 is 2.18 bits per heavy atom. The van der Waals surface area contributed by atoms with E-state index in [1.54, 1.807) is 36.4 Å². The van der Waals surface area contributed by atoms with Crippen LogP contribution in [0.2, 0.25) is 0 Å². The van der Waals surface area contributed by atoms with Crippen molar-refractivity contribution in [2.45, 2.75) is 27.1 Å². The van der Waals surface area contributed by atoms with Gasteiger partial charge in [0.15, 0.2) is 0 Å². The van der Waals surface area contributed by atoms with E-state index >= 15 is 0 Å². The molecule has 3 aromatic rings. The topological polar surface area (TPSA) is 58.6 Å². The Hall–Kier alpha value is -4.07. The molecular weight excluding hydrogens is 445 g/mol. The normalized spacial score (nSPS) is 14.1. The molecule has 8 heteroatoms. The number of amides is 2. The number of carbonyl (C=O) groups excluding carboxylic acids is 2. The van der Waals surface area contributed by atoms with Crippen molar-refractivity contribution in [1.29, 1.82) is 0 Å². The quantitative estimate of drug-likeness (QED) is 0.475. The van der Waals surface area contributed by atoms with Gasteiger partial charge in [-0.2, -0.15) is 0 Å². The Labute approximate surface area is 194 Å². The number of ether oxygens (including phenoxy) is 1. The van der Waals surface area contributed by atoms with Crippen LogP contribution < -0.4 is 15.0 Å². The van der Waals surface area contributed by atoms with E-state index in [-0.39, 0.29) is 17.0 Å². The summed E-state index contributed by atoms with van der Waals surface area (Å²) in [7, 11) is 0. The molecule has 0 fully saturated rings. The fourth-order valence-electron chi connectivity index (χ4n) is 3.65. The standard InChI is InChI=1S/C26H21F3N2O3/c1-15-7-11-20(12-8-15)31-24(32)22(18-10-9-16(2)17(3)13-18)23(25(31)33)30-19-5-4-6-21(14-19)34-26(27,28)29/h4-14,30H,1-3H3. The van der Waals surface area contributed by atoms with Crippen molar-refractivity contribution in [1.82, 2.24) is 0 Å². The number of nitrogens with one attached hydrogen (secondary N) is 1. The third-order valence-corrected chi connectivity index (χ3v) is 5.51. The minimum atomic E-state index is -4.86. The molecule has 5 nitrogen and oxygen atoms in total. The average Bonchev–Trinajstić information content (AvgIpc) is 2.99. The average molecular weight is 466 g/mol. The Morgan fingerprint density at radius 1 is 0.824 bits per heavy atom. The summed E-state index contributed by atoms with van der Waals surface area (Å²) in [5, 5.41) is 2.86. The predicted molar refractivity (Wildman–Crippen MR) is 123 cm³/mol. The number of anilines is 2. The van der Waals surface area contributed by atoms with Gasteiger partial charge in [-0.05, 0) is 61.7 Å².